The zero-order chi connectivity index (χ0) is 18.6. The van der Waals surface area contributed by atoms with Gasteiger partial charge < -0.3 is 24.1 Å². The lowest BCUT2D eigenvalue weighted by Crippen LogP contribution is -2.34. The third-order valence-electron chi connectivity index (χ3n) is 4.84. The highest BCUT2D eigenvalue weighted by molar-refractivity contribution is 7.80. The van der Waals surface area contributed by atoms with Crippen molar-refractivity contribution < 1.29 is 14.2 Å². The second-order valence-corrected chi connectivity index (χ2v) is 6.81. The summed E-state index contributed by atoms with van der Waals surface area (Å²) in [5, 5.41) is 3.43. The molecule has 140 valence electrons. The fraction of sp³-hybridized carbons (Fsp3) is 0.474. The summed E-state index contributed by atoms with van der Waals surface area (Å²) in [6, 6.07) is 4.02. The molecule has 0 bridgehead atoms. The maximum Gasteiger partial charge on any atom is 0.203 e. The van der Waals surface area contributed by atoms with Crippen molar-refractivity contribution in [2.45, 2.75) is 31.2 Å². The van der Waals surface area contributed by atoms with Crippen LogP contribution in [0.4, 0.5) is 0 Å². The summed E-state index contributed by atoms with van der Waals surface area (Å²) in [6.07, 6.45) is 8.63. The molecule has 0 amide bonds. The van der Waals surface area contributed by atoms with E-state index in [0.29, 0.717) is 17.2 Å². The molecule has 1 heterocycles. The smallest absolute Gasteiger partial charge is 0.203 e. The molecule has 3 rings (SSSR count). The Balaban J connectivity index is 1.68. The number of nitrogens with zero attached hydrogens (tertiary/aromatic N) is 2. The molecule has 0 unspecified atom stereocenters. The normalized spacial score (nSPS) is 14.6. The minimum atomic E-state index is -0.128. The average Bonchev–Trinajstić information content (AvgIpc) is 3.33. The van der Waals surface area contributed by atoms with Gasteiger partial charge in [-0.25, -0.2) is 4.98 Å². The molecule has 2 aromatic rings. The number of aromatic nitrogens is 2. The molecule has 0 spiro atoms. The van der Waals surface area contributed by atoms with E-state index < -0.39 is 0 Å². The molecule has 0 saturated heterocycles. The van der Waals surface area contributed by atoms with E-state index in [0.717, 1.165) is 42.9 Å². The molecular weight excluding hydrogens is 350 g/mol. The monoisotopic (exact) mass is 375 g/mol. The Morgan fingerprint density at radius 2 is 1.88 bits per heavy atom. The number of rotatable bonds is 9. The molecule has 0 atom stereocenters. The first kappa shape index (κ1) is 18.5. The van der Waals surface area contributed by atoms with Gasteiger partial charge in [-0.3, -0.25) is 0 Å². The fourth-order valence-corrected chi connectivity index (χ4v) is 3.60. The summed E-state index contributed by atoms with van der Waals surface area (Å²) in [7, 11) is 4.88. The van der Waals surface area contributed by atoms with E-state index in [1.165, 1.54) is 0 Å². The van der Waals surface area contributed by atoms with Crippen LogP contribution in [0.2, 0.25) is 0 Å². The molecule has 6 nitrogen and oxygen atoms in total. The Bertz CT molecular complexity index is 732. The van der Waals surface area contributed by atoms with Crippen LogP contribution in [0.15, 0.2) is 30.9 Å². The lowest BCUT2D eigenvalue weighted by molar-refractivity contribution is 0.323. The van der Waals surface area contributed by atoms with Gasteiger partial charge in [0.05, 0.1) is 32.6 Å². The largest absolute Gasteiger partial charge is 0.493 e. The number of imidazole rings is 1. The van der Waals surface area contributed by atoms with Gasteiger partial charge in [-0.2, -0.15) is 0 Å². The first-order valence-electron chi connectivity index (χ1n) is 8.69. The molecule has 0 radical (unpaired) electrons. The molecule has 1 aromatic heterocycles. The first-order chi connectivity index (χ1) is 12.6. The van der Waals surface area contributed by atoms with Crippen LogP contribution in [0.3, 0.4) is 0 Å². The minimum Gasteiger partial charge on any atom is -0.493 e. The van der Waals surface area contributed by atoms with Gasteiger partial charge in [0.25, 0.3) is 0 Å². The molecular formula is C19H25N3O3S. The first-order valence-corrected chi connectivity index (χ1v) is 9.10. The van der Waals surface area contributed by atoms with Crippen LogP contribution in [0.25, 0.3) is 0 Å². The second-order valence-electron chi connectivity index (χ2n) is 6.41. The van der Waals surface area contributed by atoms with Crippen LogP contribution in [0.5, 0.6) is 17.2 Å². The number of methoxy groups -OCH3 is 3. The zero-order valence-corrected chi connectivity index (χ0v) is 16.3. The zero-order valence-electron chi connectivity index (χ0n) is 15.4. The fourth-order valence-electron chi connectivity index (χ4n) is 3.18. The summed E-state index contributed by atoms with van der Waals surface area (Å²) >= 11 is 5.73. The van der Waals surface area contributed by atoms with Gasteiger partial charge in [-0.15, -0.1) is 0 Å². The van der Waals surface area contributed by atoms with Crippen molar-refractivity contribution in [2.24, 2.45) is 0 Å². The van der Waals surface area contributed by atoms with Gasteiger partial charge >= 0.3 is 0 Å². The number of hydrogen-bond donors (Lipinski definition) is 1. The van der Waals surface area contributed by atoms with Crippen LogP contribution < -0.4 is 19.5 Å². The maximum absolute atomic E-state index is 5.73. The van der Waals surface area contributed by atoms with Crippen LogP contribution in [-0.4, -0.2) is 42.4 Å². The van der Waals surface area contributed by atoms with Crippen LogP contribution in [0, 0.1) is 0 Å². The number of nitrogens with one attached hydrogen (secondary N) is 1. The number of benzene rings is 1. The summed E-state index contributed by atoms with van der Waals surface area (Å²) in [6.45, 7) is 1.76. The Labute approximate surface area is 159 Å². The number of hydrogen-bond acceptors (Lipinski definition) is 5. The number of ether oxygens (including phenoxy) is 3. The van der Waals surface area contributed by atoms with E-state index in [1.807, 2.05) is 24.7 Å². The molecule has 1 fully saturated rings. The van der Waals surface area contributed by atoms with Gasteiger partial charge in [0, 0.05) is 30.9 Å². The molecule has 1 aliphatic rings. The van der Waals surface area contributed by atoms with E-state index in [9.17, 15) is 0 Å². The SMILES string of the molecule is COc1cc(C2(C(=S)NCCCn3ccnc3)CC2)cc(OC)c1OC. The predicted molar refractivity (Wildman–Crippen MR) is 104 cm³/mol. The molecule has 1 aliphatic carbocycles. The van der Waals surface area contributed by atoms with E-state index in [4.69, 9.17) is 26.4 Å². The topological polar surface area (TPSA) is 57.5 Å². The third-order valence-corrected chi connectivity index (χ3v) is 5.37. The Hall–Kier alpha value is -2.28. The summed E-state index contributed by atoms with van der Waals surface area (Å²) in [4.78, 5) is 4.94. The van der Waals surface area contributed by atoms with Crippen molar-refractivity contribution in [3.8, 4) is 17.2 Å². The van der Waals surface area contributed by atoms with E-state index in [1.54, 1.807) is 27.5 Å². The third kappa shape index (κ3) is 3.62. The van der Waals surface area contributed by atoms with Crippen molar-refractivity contribution in [3.63, 3.8) is 0 Å². The Morgan fingerprint density at radius 3 is 2.38 bits per heavy atom. The molecule has 1 saturated carbocycles. The lowest BCUT2D eigenvalue weighted by atomic mass is 9.94. The second kappa shape index (κ2) is 7.95. The van der Waals surface area contributed by atoms with Crippen molar-refractivity contribution >= 4 is 17.2 Å². The summed E-state index contributed by atoms with van der Waals surface area (Å²) < 4.78 is 18.5. The van der Waals surface area contributed by atoms with E-state index in [2.05, 4.69) is 14.9 Å². The molecule has 1 N–H and O–H groups in total. The highest BCUT2D eigenvalue weighted by atomic mass is 32.1. The minimum absolute atomic E-state index is 0.128. The van der Waals surface area contributed by atoms with Gasteiger partial charge in [-0.05, 0) is 37.0 Å². The summed E-state index contributed by atoms with van der Waals surface area (Å²) in [5.74, 6) is 1.93. The van der Waals surface area contributed by atoms with Gasteiger partial charge in [-0.1, -0.05) is 12.2 Å². The maximum atomic E-state index is 5.73. The standard InChI is InChI=1S/C19H25N3O3S/c1-23-15-11-14(12-16(24-2)17(15)25-3)19(5-6-19)18(26)21-7-4-9-22-10-8-20-13-22/h8,10-13H,4-7,9H2,1-3H3,(H,21,26). The van der Waals surface area contributed by atoms with Crippen LogP contribution >= 0.6 is 12.2 Å². The quantitative estimate of drug-likeness (QED) is 0.537. The average molecular weight is 375 g/mol. The van der Waals surface area contributed by atoms with Crippen molar-refractivity contribution in [3.05, 3.63) is 36.4 Å². The lowest BCUT2D eigenvalue weighted by Gasteiger charge is -2.22. The highest BCUT2D eigenvalue weighted by Crippen LogP contribution is 2.52. The van der Waals surface area contributed by atoms with Gasteiger partial charge in [0.15, 0.2) is 11.5 Å². The molecule has 0 aliphatic heterocycles. The Kier molecular flexibility index (Phi) is 5.66. The predicted octanol–water partition coefficient (Wildman–Crippen LogP) is 2.95. The van der Waals surface area contributed by atoms with Crippen LogP contribution in [-0.2, 0) is 12.0 Å². The number of thiocarbonyl (C=S) groups is 1. The van der Waals surface area contributed by atoms with Gasteiger partial charge in [0.2, 0.25) is 5.75 Å². The molecule has 26 heavy (non-hydrogen) atoms. The Morgan fingerprint density at radius 1 is 1.19 bits per heavy atom. The highest BCUT2D eigenvalue weighted by Gasteiger charge is 2.49. The van der Waals surface area contributed by atoms with Crippen molar-refractivity contribution in [1.29, 1.82) is 0 Å². The van der Waals surface area contributed by atoms with Crippen molar-refractivity contribution in [1.82, 2.24) is 14.9 Å². The van der Waals surface area contributed by atoms with E-state index in [-0.39, 0.29) is 5.41 Å². The van der Waals surface area contributed by atoms with Gasteiger partial charge in [0.1, 0.15) is 0 Å². The van der Waals surface area contributed by atoms with Crippen LogP contribution in [0.1, 0.15) is 24.8 Å². The molecule has 1 aromatic carbocycles. The number of aryl methyl sites for hydroxylation is 1. The van der Waals surface area contributed by atoms with E-state index >= 15 is 0 Å². The summed E-state index contributed by atoms with van der Waals surface area (Å²) in [5.41, 5.74) is 0.982. The van der Waals surface area contributed by atoms with Crippen molar-refractivity contribution in [2.75, 3.05) is 27.9 Å². The molecule has 7 heteroatoms.